The van der Waals surface area contributed by atoms with Crippen molar-refractivity contribution in [2.75, 3.05) is 0 Å². The number of nitrogens with one attached hydrogen (secondary N) is 1. The standard InChI is InChI=1S/C9H11NO/c10-9(6-3-7-11)8-4-1-2-5-8/h1-2,4,7,10H,3,5-6H2. The fourth-order valence-electron chi connectivity index (χ4n) is 1.03. The molecule has 0 saturated carbocycles. The zero-order valence-electron chi connectivity index (χ0n) is 6.34. The Kier molecular flexibility index (Phi) is 2.78. The second-order valence-electron chi connectivity index (χ2n) is 2.51. The van der Waals surface area contributed by atoms with E-state index in [0.717, 1.165) is 18.3 Å². The number of rotatable bonds is 4. The van der Waals surface area contributed by atoms with Crippen LogP contribution in [0.3, 0.4) is 0 Å². The fourth-order valence-corrected chi connectivity index (χ4v) is 1.03. The molecule has 0 aromatic heterocycles. The molecule has 11 heavy (non-hydrogen) atoms. The van der Waals surface area contributed by atoms with Crippen LogP contribution in [0.2, 0.25) is 0 Å². The summed E-state index contributed by atoms with van der Waals surface area (Å²) < 4.78 is 0. The Morgan fingerprint density at radius 3 is 3.09 bits per heavy atom. The molecule has 0 saturated heterocycles. The Morgan fingerprint density at radius 1 is 1.73 bits per heavy atom. The molecule has 1 N–H and O–H groups in total. The van der Waals surface area contributed by atoms with Crippen molar-refractivity contribution < 1.29 is 4.79 Å². The first-order valence-corrected chi connectivity index (χ1v) is 3.71. The smallest absolute Gasteiger partial charge is 0.120 e. The zero-order valence-corrected chi connectivity index (χ0v) is 6.34. The van der Waals surface area contributed by atoms with Gasteiger partial charge in [0.2, 0.25) is 0 Å². The van der Waals surface area contributed by atoms with Crippen LogP contribution in [0.1, 0.15) is 19.3 Å². The van der Waals surface area contributed by atoms with E-state index in [2.05, 4.69) is 0 Å². The predicted molar refractivity (Wildman–Crippen MR) is 44.9 cm³/mol. The van der Waals surface area contributed by atoms with Gasteiger partial charge in [-0.15, -0.1) is 0 Å². The van der Waals surface area contributed by atoms with Gasteiger partial charge in [-0.05, 0) is 18.4 Å². The van der Waals surface area contributed by atoms with Crippen molar-refractivity contribution in [3.05, 3.63) is 23.8 Å². The quantitative estimate of drug-likeness (QED) is 0.481. The molecule has 0 atom stereocenters. The van der Waals surface area contributed by atoms with Crippen molar-refractivity contribution in [2.45, 2.75) is 19.3 Å². The van der Waals surface area contributed by atoms with E-state index in [1.807, 2.05) is 18.2 Å². The summed E-state index contributed by atoms with van der Waals surface area (Å²) in [4.78, 5) is 9.99. The van der Waals surface area contributed by atoms with Crippen molar-refractivity contribution in [3.63, 3.8) is 0 Å². The van der Waals surface area contributed by atoms with Crippen LogP contribution in [-0.2, 0) is 4.79 Å². The van der Waals surface area contributed by atoms with E-state index >= 15 is 0 Å². The molecule has 2 heteroatoms. The van der Waals surface area contributed by atoms with Crippen molar-refractivity contribution in [3.8, 4) is 0 Å². The highest BCUT2D eigenvalue weighted by Crippen LogP contribution is 2.13. The maximum absolute atomic E-state index is 9.99. The lowest BCUT2D eigenvalue weighted by Crippen LogP contribution is -1.99. The lowest BCUT2D eigenvalue weighted by molar-refractivity contribution is -0.107. The molecule has 0 fully saturated rings. The molecule has 2 nitrogen and oxygen atoms in total. The second kappa shape index (κ2) is 3.86. The van der Waals surface area contributed by atoms with Crippen LogP contribution in [0.4, 0.5) is 0 Å². The van der Waals surface area contributed by atoms with Gasteiger partial charge in [0.25, 0.3) is 0 Å². The minimum absolute atomic E-state index is 0.468. The highest BCUT2D eigenvalue weighted by Gasteiger charge is 2.04. The first-order chi connectivity index (χ1) is 5.34. The summed E-state index contributed by atoms with van der Waals surface area (Å²) in [6, 6.07) is 0. The molecular weight excluding hydrogens is 138 g/mol. The van der Waals surface area contributed by atoms with Gasteiger partial charge < -0.3 is 10.2 Å². The Balaban J connectivity index is 2.36. The van der Waals surface area contributed by atoms with Crippen LogP contribution in [0.25, 0.3) is 0 Å². The van der Waals surface area contributed by atoms with Crippen molar-refractivity contribution in [1.29, 1.82) is 5.41 Å². The largest absolute Gasteiger partial charge is 0.305 e. The highest BCUT2D eigenvalue weighted by atomic mass is 16.1. The second-order valence-corrected chi connectivity index (χ2v) is 2.51. The summed E-state index contributed by atoms with van der Waals surface area (Å²) in [7, 11) is 0. The summed E-state index contributed by atoms with van der Waals surface area (Å²) in [5.41, 5.74) is 1.65. The molecule has 1 rings (SSSR count). The molecule has 58 valence electrons. The molecule has 0 radical (unpaired) electrons. The summed E-state index contributed by atoms with van der Waals surface area (Å²) in [5.74, 6) is 0. The van der Waals surface area contributed by atoms with Gasteiger partial charge in [-0.25, -0.2) is 0 Å². The number of carbonyl (C=O) groups excluding carboxylic acids is 1. The molecule has 0 unspecified atom stereocenters. The van der Waals surface area contributed by atoms with E-state index in [9.17, 15) is 4.79 Å². The Hall–Kier alpha value is -1.18. The van der Waals surface area contributed by atoms with Crippen LogP contribution in [0.15, 0.2) is 23.8 Å². The van der Waals surface area contributed by atoms with Crippen molar-refractivity contribution in [2.24, 2.45) is 0 Å². The molecule has 0 amide bonds. The maximum atomic E-state index is 9.99. The molecule has 0 heterocycles. The van der Waals surface area contributed by atoms with E-state index in [4.69, 9.17) is 5.41 Å². The number of hydrogen-bond donors (Lipinski definition) is 1. The van der Waals surface area contributed by atoms with Crippen LogP contribution < -0.4 is 0 Å². The van der Waals surface area contributed by atoms with Crippen molar-refractivity contribution in [1.82, 2.24) is 0 Å². The van der Waals surface area contributed by atoms with Crippen LogP contribution >= 0.6 is 0 Å². The van der Waals surface area contributed by atoms with E-state index in [-0.39, 0.29) is 0 Å². The Bertz CT molecular complexity index is 226. The fraction of sp³-hybridized carbons (Fsp3) is 0.333. The summed E-state index contributed by atoms with van der Waals surface area (Å²) in [6.45, 7) is 0. The SMILES string of the molecule is N=C(CCC=O)C1=CC=CC1. The summed E-state index contributed by atoms with van der Waals surface area (Å²) >= 11 is 0. The molecule has 0 spiro atoms. The minimum Gasteiger partial charge on any atom is -0.305 e. The van der Waals surface area contributed by atoms with Gasteiger partial charge in [-0.1, -0.05) is 18.2 Å². The minimum atomic E-state index is 0.468. The molecule has 1 aliphatic rings. The topological polar surface area (TPSA) is 40.9 Å². The summed E-state index contributed by atoms with van der Waals surface area (Å²) in [6.07, 6.45) is 8.67. The van der Waals surface area contributed by atoms with Crippen LogP contribution in [0.5, 0.6) is 0 Å². The highest BCUT2D eigenvalue weighted by molar-refractivity contribution is 5.99. The number of hydrogen-bond acceptors (Lipinski definition) is 2. The van der Waals surface area contributed by atoms with Gasteiger partial charge in [-0.2, -0.15) is 0 Å². The first-order valence-electron chi connectivity index (χ1n) is 3.71. The third kappa shape index (κ3) is 2.15. The average Bonchev–Trinajstić information content (AvgIpc) is 2.52. The van der Waals surface area contributed by atoms with E-state index in [1.54, 1.807) is 0 Å². The van der Waals surface area contributed by atoms with Gasteiger partial charge in [-0.3, -0.25) is 0 Å². The molecule has 0 bridgehead atoms. The van der Waals surface area contributed by atoms with Gasteiger partial charge in [0.1, 0.15) is 6.29 Å². The van der Waals surface area contributed by atoms with Crippen LogP contribution in [0, 0.1) is 5.41 Å². The Morgan fingerprint density at radius 2 is 2.55 bits per heavy atom. The average molecular weight is 149 g/mol. The van der Waals surface area contributed by atoms with Crippen LogP contribution in [-0.4, -0.2) is 12.0 Å². The third-order valence-corrected chi connectivity index (χ3v) is 1.67. The first kappa shape index (κ1) is 7.92. The summed E-state index contributed by atoms with van der Waals surface area (Å²) in [5, 5.41) is 7.52. The maximum Gasteiger partial charge on any atom is 0.120 e. The van der Waals surface area contributed by atoms with Gasteiger partial charge in [0.15, 0.2) is 0 Å². The van der Waals surface area contributed by atoms with E-state index in [1.165, 1.54) is 0 Å². The monoisotopic (exact) mass is 149 g/mol. The lowest BCUT2D eigenvalue weighted by atomic mass is 10.1. The van der Waals surface area contributed by atoms with Gasteiger partial charge in [0, 0.05) is 12.1 Å². The molecule has 1 aliphatic carbocycles. The van der Waals surface area contributed by atoms with Crippen molar-refractivity contribution >= 4 is 12.0 Å². The zero-order chi connectivity index (χ0) is 8.10. The molecule has 0 aromatic rings. The number of allylic oxidation sites excluding steroid dienone is 4. The molecular formula is C9H11NO. The van der Waals surface area contributed by atoms with E-state index in [0.29, 0.717) is 18.6 Å². The Labute approximate surface area is 66.1 Å². The number of aldehydes is 1. The normalized spacial score (nSPS) is 14.7. The third-order valence-electron chi connectivity index (χ3n) is 1.67. The van der Waals surface area contributed by atoms with Gasteiger partial charge >= 0.3 is 0 Å². The van der Waals surface area contributed by atoms with Gasteiger partial charge in [0.05, 0.1) is 0 Å². The number of carbonyl (C=O) groups is 1. The van der Waals surface area contributed by atoms with E-state index < -0.39 is 0 Å². The molecule has 0 aliphatic heterocycles. The predicted octanol–water partition coefficient (Wildman–Crippen LogP) is 1.87. The molecule has 0 aromatic carbocycles. The lowest BCUT2D eigenvalue weighted by Gasteiger charge is -2.00.